The van der Waals surface area contributed by atoms with E-state index in [1.54, 1.807) is 11.3 Å². The number of hydrogen-bond acceptors (Lipinski definition) is 5. The number of halogens is 1. The van der Waals surface area contributed by atoms with Crippen molar-refractivity contribution < 1.29 is 0 Å². The Balaban J connectivity index is 1.91. The Morgan fingerprint density at radius 2 is 2.04 bits per heavy atom. The molecule has 7 heteroatoms. The average molecular weight is 348 g/mol. The molecule has 5 nitrogen and oxygen atoms in total. The van der Waals surface area contributed by atoms with Crippen molar-refractivity contribution in [3.8, 4) is 5.69 Å². The van der Waals surface area contributed by atoms with Gasteiger partial charge >= 0.3 is 0 Å². The zero-order chi connectivity index (χ0) is 16.4. The Morgan fingerprint density at radius 1 is 1.26 bits per heavy atom. The maximum absolute atomic E-state index is 6.32. The lowest BCUT2D eigenvalue weighted by molar-refractivity contribution is 0.735. The standard InChI is InChI=1S/C16H18ClN5S/c1-10(2)16-13(18-9-15-21-20-11(3)23-15)8-19-22(16)14-7-5-4-6-12(14)17/h4-8,10,18H,9H2,1-3H3. The van der Waals surface area contributed by atoms with Crippen LogP contribution in [0.1, 0.15) is 35.5 Å². The van der Waals surface area contributed by atoms with Gasteiger partial charge in [-0.05, 0) is 25.0 Å². The second-order valence-electron chi connectivity index (χ2n) is 5.53. The summed E-state index contributed by atoms with van der Waals surface area (Å²) < 4.78 is 1.90. The fraction of sp³-hybridized carbons (Fsp3) is 0.312. The normalized spacial score (nSPS) is 11.2. The van der Waals surface area contributed by atoms with Crippen LogP contribution >= 0.6 is 22.9 Å². The smallest absolute Gasteiger partial charge is 0.136 e. The molecule has 0 atom stereocenters. The molecule has 0 aliphatic rings. The minimum absolute atomic E-state index is 0.299. The van der Waals surface area contributed by atoms with E-state index in [1.165, 1.54) is 0 Å². The van der Waals surface area contributed by atoms with Gasteiger partial charge in [0, 0.05) is 0 Å². The Morgan fingerprint density at radius 3 is 2.70 bits per heavy atom. The van der Waals surface area contributed by atoms with E-state index in [4.69, 9.17) is 11.6 Å². The van der Waals surface area contributed by atoms with Gasteiger partial charge in [0.2, 0.25) is 0 Å². The number of nitrogens with zero attached hydrogens (tertiary/aromatic N) is 4. The van der Waals surface area contributed by atoms with Crippen LogP contribution in [-0.2, 0) is 6.54 Å². The molecule has 0 radical (unpaired) electrons. The van der Waals surface area contributed by atoms with E-state index in [2.05, 4.69) is 34.5 Å². The number of aromatic nitrogens is 4. The van der Waals surface area contributed by atoms with E-state index < -0.39 is 0 Å². The molecule has 120 valence electrons. The zero-order valence-electron chi connectivity index (χ0n) is 13.2. The third-order valence-electron chi connectivity index (χ3n) is 3.43. The number of hydrogen-bond donors (Lipinski definition) is 1. The molecule has 0 amide bonds. The van der Waals surface area contributed by atoms with E-state index >= 15 is 0 Å². The van der Waals surface area contributed by atoms with Crippen molar-refractivity contribution in [2.24, 2.45) is 0 Å². The highest BCUT2D eigenvalue weighted by Crippen LogP contribution is 2.30. The summed E-state index contributed by atoms with van der Waals surface area (Å²) in [5, 5.41) is 18.7. The monoisotopic (exact) mass is 347 g/mol. The van der Waals surface area contributed by atoms with Crippen LogP contribution < -0.4 is 5.32 Å². The Labute approximate surface area is 144 Å². The van der Waals surface area contributed by atoms with Crippen molar-refractivity contribution in [1.82, 2.24) is 20.0 Å². The molecule has 0 aliphatic heterocycles. The highest BCUT2D eigenvalue weighted by atomic mass is 35.5. The Bertz CT molecular complexity index is 808. The number of rotatable bonds is 5. The fourth-order valence-electron chi connectivity index (χ4n) is 2.44. The van der Waals surface area contributed by atoms with Crippen LogP contribution in [0.2, 0.25) is 5.02 Å². The van der Waals surface area contributed by atoms with Crippen LogP contribution in [-0.4, -0.2) is 20.0 Å². The summed E-state index contributed by atoms with van der Waals surface area (Å²) in [5.41, 5.74) is 2.98. The summed E-state index contributed by atoms with van der Waals surface area (Å²) in [6, 6.07) is 7.73. The zero-order valence-corrected chi connectivity index (χ0v) is 14.8. The Kier molecular flexibility index (Phi) is 4.63. The molecule has 0 spiro atoms. The van der Waals surface area contributed by atoms with Crippen molar-refractivity contribution in [2.45, 2.75) is 33.2 Å². The van der Waals surface area contributed by atoms with Crippen molar-refractivity contribution in [2.75, 3.05) is 5.32 Å². The van der Waals surface area contributed by atoms with Crippen molar-refractivity contribution >= 4 is 28.6 Å². The van der Waals surface area contributed by atoms with Crippen molar-refractivity contribution in [1.29, 1.82) is 0 Å². The summed E-state index contributed by atoms with van der Waals surface area (Å²) in [6.07, 6.45) is 1.84. The lowest BCUT2D eigenvalue weighted by Gasteiger charge is -2.14. The molecule has 2 aromatic heterocycles. The minimum atomic E-state index is 0.299. The van der Waals surface area contributed by atoms with Crippen LogP contribution in [0.3, 0.4) is 0 Å². The molecule has 3 aromatic rings. The van der Waals surface area contributed by atoms with Gasteiger partial charge in [-0.25, -0.2) is 4.68 Å². The lowest BCUT2D eigenvalue weighted by Crippen LogP contribution is -2.07. The molecule has 3 rings (SSSR count). The van der Waals surface area contributed by atoms with Gasteiger partial charge in [-0.2, -0.15) is 5.10 Å². The van der Waals surface area contributed by atoms with Crippen LogP contribution in [0.25, 0.3) is 5.69 Å². The first-order valence-corrected chi connectivity index (χ1v) is 8.61. The molecule has 1 aromatic carbocycles. The molecule has 1 N–H and O–H groups in total. The van der Waals surface area contributed by atoms with Gasteiger partial charge in [0.1, 0.15) is 10.0 Å². The van der Waals surface area contributed by atoms with E-state index in [0.29, 0.717) is 17.5 Å². The number of aryl methyl sites for hydroxylation is 1. The number of nitrogens with one attached hydrogen (secondary N) is 1. The second-order valence-corrected chi connectivity index (χ2v) is 7.20. The molecule has 0 unspecified atom stereocenters. The van der Waals surface area contributed by atoms with Crippen LogP contribution in [0.5, 0.6) is 0 Å². The summed E-state index contributed by atoms with van der Waals surface area (Å²) in [5.74, 6) is 0.299. The number of para-hydroxylation sites is 1. The third kappa shape index (κ3) is 3.38. The molecule has 0 fully saturated rings. The van der Waals surface area contributed by atoms with Crippen molar-refractivity contribution in [3.05, 3.63) is 51.2 Å². The molecule has 23 heavy (non-hydrogen) atoms. The molecule has 0 aliphatic carbocycles. The molecular formula is C16H18ClN5S. The fourth-order valence-corrected chi connectivity index (χ4v) is 3.31. The number of anilines is 1. The number of benzene rings is 1. The topological polar surface area (TPSA) is 55.6 Å². The molecule has 0 bridgehead atoms. The first kappa shape index (κ1) is 16.0. The van der Waals surface area contributed by atoms with Crippen LogP contribution in [0, 0.1) is 6.92 Å². The van der Waals surface area contributed by atoms with Gasteiger partial charge in [0.05, 0.1) is 34.8 Å². The first-order valence-electron chi connectivity index (χ1n) is 7.42. The SMILES string of the molecule is Cc1nnc(CNc2cnn(-c3ccccc3Cl)c2C(C)C)s1. The average Bonchev–Trinajstić information content (AvgIpc) is 3.11. The second kappa shape index (κ2) is 6.68. The maximum atomic E-state index is 6.32. The minimum Gasteiger partial charge on any atom is -0.376 e. The highest BCUT2D eigenvalue weighted by molar-refractivity contribution is 7.11. The highest BCUT2D eigenvalue weighted by Gasteiger charge is 2.17. The van der Waals surface area contributed by atoms with Crippen molar-refractivity contribution in [3.63, 3.8) is 0 Å². The van der Waals surface area contributed by atoms with Crippen LogP contribution in [0.15, 0.2) is 30.5 Å². The van der Waals surface area contributed by atoms with Crippen LogP contribution in [0.4, 0.5) is 5.69 Å². The molecule has 0 saturated carbocycles. The maximum Gasteiger partial charge on any atom is 0.136 e. The van der Waals surface area contributed by atoms with Gasteiger partial charge in [0.15, 0.2) is 0 Å². The summed E-state index contributed by atoms with van der Waals surface area (Å²) in [7, 11) is 0. The van der Waals surface area contributed by atoms with Gasteiger partial charge in [0.25, 0.3) is 0 Å². The van der Waals surface area contributed by atoms with Gasteiger partial charge < -0.3 is 5.32 Å². The van der Waals surface area contributed by atoms with Gasteiger partial charge in [-0.3, -0.25) is 0 Å². The van der Waals surface area contributed by atoms with Gasteiger partial charge in [-0.15, -0.1) is 10.2 Å². The third-order valence-corrected chi connectivity index (χ3v) is 4.59. The predicted molar refractivity (Wildman–Crippen MR) is 94.6 cm³/mol. The summed E-state index contributed by atoms with van der Waals surface area (Å²) in [4.78, 5) is 0. The quantitative estimate of drug-likeness (QED) is 0.742. The molecular weight excluding hydrogens is 330 g/mol. The lowest BCUT2D eigenvalue weighted by atomic mass is 10.1. The first-order chi connectivity index (χ1) is 11.1. The summed E-state index contributed by atoms with van der Waals surface area (Å²) in [6.45, 7) is 6.88. The largest absolute Gasteiger partial charge is 0.376 e. The summed E-state index contributed by atoms with van der Waals surface area (Å²) >= 11 is 7.92. The predicted octanol–water partition coefficient (Wildman–Crippen LogP) is 4.42. The Hall–Kier alpha value is -1.92. The molecule has 0 saturated heterocycles. The van der Waals surface area contributed by atoms with E-state index in [1.807, 2.05) is 42.1 Å². The van der Waals surface area contributed by atoms with E-state index in [-0.39, 0.29) is 0 Å². The van der Waals surface area contributed by atoms with Gasteiger partial charge in [-0.1, -0.05) is 48.9 Å². The molecule has 2 heterocycles. The van der Waals surface area contributed by atoms with E-state index in [0.717, 1.165) is 27.1 Å². The van der Waals surface area contributed by atoms with E-state index in [9.17, 15) is 0 Å².